The van der Waals surface area contributed by atoms with Crippen molar-refractivity contribution in [2.45, 2.75) is 37.5 Å². The summed E-state index contributed by atoms with van der Waals surface area (Å²) in [5.74, 6) is 2.01. The van der Waals surface area contributed by atoms with E-state index in [0.717, 1.165) is 48.5 Å². The van der Waals surface area contributed by atoms with Crippen molar-refractivity contribution in [3.05, 3.63) is 47.5 Å². The third-order valence-electron chi connectivity index (χ3n) is 6.01. The number of piperidine rings is 1. The van der Waals surface area contributed by atoms with Gasteiger partial charge in [0.1, 0.15) is 11.5 Å². The summed E-state index contributed by atoms with van der Waals surface area (Å²) < 4.78 is 3.94. The Labute approximate surface area is 158 Å². The summed E-state index contributed by atoms with van der Waals surface area (Å²) in [5, 5.41) is 4.56. The van der Waals surface area contributed by atoms with Gasteiger partial charge in [0.2, 0.25) is 0 Å². The van der Waals surface area contributed by atoms with Crippen LogP contribution in [0.5, 0.6) is 0 Å². The van der Waals surface area contributed by atoms with Crippen molar-refractivity contribution in [3.63, 3.8) is 0 Å². The fourth-order valence-electron chi connectivity index (χ4n) is 4.33. The van der Waals surface area contributed by atoms with Gasteiger partial charge in [0.25, 0.3) is 5.91 Å². The first kappa shape index (κ1) is 16.5. The summed E-state index contributed by atoms with van der Waals surface area (Å²) in [7, 11) is 3.96. The monoisotopic (exact) mass is 363 g/mol. The summed E-state index contributed by atoms with van der Waals surface area (Å²) in [6.45, 7) is 1.53. The smallest absolute Gasteiger partial charge is 0.272 e. The number of aryl methyl sites for hydroxylation is 2. The molecular formula is C21H25N5O. The van der Waals surface area contributed by atoms with Gasteiger partial charge in [-0.05, 0) is 43.9 Å². The Morgan fingerprint density at radius 3 is 2.70 bits per heavy atom. The molecule has 1 aliphatic carbocycles. The van der Waals surface area contributed by atoms with Gasteiger partial charge in [0, 0.05) is 39.0 Å². The second-order valence-electron chi connectivity index (χ2n) is 7.96. The molecule has 6 heteroatoms. The summed E-state index contributed by atoms with van der Waals surface area (Å²) in [6, 6.07) is 10.2. The molecule has 1 amide bonds. The average molecular weight is 363 g/mol. The minimum Gasteiger partial charge on any atom is -0.337 e. The quantitative estimate of drug-likeness (QED) is 0.718. The van der Waals surface area contributed by atoms with Gasteiger partial charge < -0.3 is 9.47 Å². The van der Waals surface area contributed by atoms with E-state index in [1.165, 1.54) is 12.8 Å². The van der Waals surface area contributed by atoms with E-state index in [0.29, 0.717) is 11.6 Å². The number of carbonyl (C=O) groups excluding carboxylic acids is 1. The number of aromatic nitrogens is 4. The van der Waals surface area contributed by atoms with Crippen LogP contribution in [0.4, 0.5) is 0 Å². The van der Waals surface area contributed by atoms with Crippen LogP contribution in [0.3, 0.4) is 0 Å². The van der Waals surface area contributed by atoms with Crippen LogP contribution in [0.2, 0.25) is 0 Å². The number of likely N-dealkylation sites (tertiary alicyclic amines) is 1. The topological polar surface area (TPSA) is 56.0 Å². The van der Waals surface area contributed by atoms with Crippen molar-refractivity contribution >= 4 is 16.9 Å². The zero-order valence-electron chi connectivity index (χ0n) is 15.9. The number of amides is 1. The van der Waals surface area contributed by atoms with Crippen LogP contribution in [0, 0.1) is 0 Å². The highest BCUT2D eigenvalue weighted by atomic mass is 16.2. The predicted octanol–water partition coefficient (Wildman–Crippen LogP) is 3.20. The molecule has 6 nitrogen and oxygen atoms in total. The Morgan fingerprint density at radius 1 is 1.11 bits per heavy atom. The maximum Gasteiger partial charge on any atom is 0.272 e. The highest BCUT2D eigenvalue weighted by Crippen LogP contribution is 2.39. The lowest BCUT2D eigenvalue weighted by Crippen LogP contribution is -2.40. The van der Waals surface area contributed by atoms with Gasteiger partial charge in [-0.2, -0.15) is 5.10 Å². The van der Waals surface area contributed by atoms with Crippen molar-refractivity contribution < 1.29 is 4.79 Å². The van der Waals surface area contributed by atoms with E-state index in [9.17, 15) is 4.79 Å². The maximum absolute atomic E-state index is 13.1. The first-order valence-electron chi connectivity index (χ1n) is 9.86. The van der Waals surface area contributed by atoms with Crippen LogP contribution in [-0.2, 0) is 14.1 Å². The lowest BCUT2D eigenvalue weighted by atomic mass is 9.97. The number of nitrogens with zero attached hydrogens (tertiary/aromatic N) is 5. The van der Waals surface area contributed by atoms with E-state index in [4.69, 9.17) is 4.98 Å². The van der Waals surface area contributed by atoms with Crippen molar-refractivity contribution in [1.82, 2.24) is 24.2 Å². The molecule has 3 heterocycles. The van der Waals surface area contributed by atoms with Gasteiger partial charge in [-0.3, -0.25) is 9.48 Å². The zero-order chi connectivity index (χ0) is 18.5. The highest BCUT2D eigenvalue weighted by molar-refractivity contribution is 5.93. The highest BCUT2D eigenvalue weighted by Gasteiger charge is 2.32. The number of carbonyl (C=O) groups is 1. The normalized spacial score (nSPS) is 20.4. The van der Waals surface area contributed by atoms with E-state index in [1.807, 2.05) is 30.1 Å². The van der Waals surface area contributed by atoms with Crippen LogP contribution in [0.1, 0.15) is 59.5 Å². The van der Waals surface area contributed by atoms with Crippen molar-refractivity contribution in [2.75, 3.05) is 13.1 Å². The largest absolute Gasteiger partial charge is 0.337 e. The molecule has 27 heavy (non-hydrogen) atoms. The Balaban J connectivity index is 1.40. The summed E-state index contributed by atoms with van der Waals surface area (Å²) in [6.07, 6.45) is 4.47. The van der Waals surface area contributed by atoms with Crippen LogP contribution in [-0.4, -0.2) is 43.2 Å². The number of hydrogen-bond acceptors (Lipinski definition) is 3. The fourth-order valence-corrected chi connectivity index (χ4v) is 4.33. The maximum atomic E-state index is 13.1. The molecule has 1 unspecified atom stereocenters. The third kappa shape index (κ3) is 2.83. The standard InChI is InChI=1S/C21H25N5O/c1-24-18-8-4-3-7-16(18)22-20(24)15-6-5-11-26(13-15)21(27)19-12-17(14-9-10-14)23-25(19)2/h3-4,7-8,12,14-15H,5-6,9-11,13H2,1-2H3. The third-order valence-corrected chi connectivity index (χ3v) is 6.01. The van der Waals surface area contributed by atoms with Crippen LogP contribution in [0.25, 0.3) is 11.0 Å². The zero-order valence-corrected chi connectivity index (χ0v) is 15.9. The lowest BCUT2D eigenvalue weighted by molar-refractivity contribution is 0.0692. The molecule has 3 aromatic rings. The number of imidazole rings is 1. The fraction of sp³-hybridized carbons (Fsp3) is 0.476. The SMILES string of the molecule is Cn1nc(C2CC2)cc1C(=O)N1CCCC(c2nc3ccccc3n2C)C1. The number of rotatable bonds is 3. The molecule has 1 aliphatic heterocycles. The lowest BCUT2D eigenvalue weighted by Gasteiger charge is -2.32. The van der Waals surface area contributed by atoms with Gasteiger partial charge in [-0.15, -0.1) is 0 Å². The number of hydrogen-bond donors (Lipinski definition) is 0. The van der Waals surface area contributed by atoms with E-state index in [2.05, 4.69) is 28.8 Å². The van der Waals surface area contributed by atoms with Gasteiger partial charge in [-0.1, -0.05) is 12.1 Å². The molecule has 2 fully saturated rings. The molecule has 0 bridgehead atoms. The minimum atomic E-state index is 0.0976. The van der Waals surface area contributed by atoms with Crippen LogP contribution < -0.4 is 0 Å². The van der Waals surface area contributed by atoms with Gasteiger partial charge >= 0.3 is 0 Å². The number of benzene rings is 1. The molecule has 2 aliphatic rings. The minimum absolute atomic E-state index is 0.0976. The van der Waals surface area contributed by atoms with Gasteiger partial charge in [0.15, 0.2) is 0 Å². The Morgan fingerprint density at radius 2 is 1.93 bits per heavy atom. The second kappa shape index (κ2) is 6.22. The Hall–Kier alpha value is -2.63. The second-order valence-corrected chi connectivity index (χ2v) is 7.96. The Kier molecular flexibility index (Phi) is 3.81. The molecule has 0 radical (unpaired) electrons. The van der Waals surface area contributed by atoms with Crippen LogP contribution >= 0.6 is 0 Å². The number of para-hydroxylation sites is 2. The molecule has 1 atom stereocenters. The number of fused-ring (bicyclic) bond motifs is 1. The van der Waals surface area contributed by atoms with Gasteiger partial charge in [-0.25, -0.2) is 4.98 Å². The summed E-state index contributed by atoms with van der Waals surface area (Å²) in [4.78, 5) is 20.0. The molecule has 1 aromatic carbocycles. The van der Waals surface area contributed by atoms with E-state index >= 15 is 0 Å². The van der Waals surface area contributed by atoms with Crippen molar-refractivity contribution in [1.29, 1.82) is 0 Å². The van der Waals surface area contributed by atoms with E-state index in [1.54, 1.807) is 4.68 Å². The Bertz CT molecular complexity index is 1010. The van der Waals surface area contributed by atoms with Crippen molar-refractivity contribution in [2.24, 2.45) is 14.1 Å². The molecule has 0 spiro atoms. The molecule has 2 aromatic heterocycles. The molecule has 1 saturated heterocycles. The molecule has 1 saturated carbocycles. The molecule has 0 N–H and O–H groups in total. The first-order chi connectivity index (χ1) is 13.1. The van der Waals surface area contributed by atoms with Crippen LogP contribution in [0.15, 0.2) is 30.3 Å². The average Bonchev–Trinajstić information content (AvgIpc) is 3.39. The summed E-state index contributed by atoms with van der Waals surface area (Å²) >= 11 is 0. The molecule has 140 valence electrons. The predicted molar refractivity (Wildman–Crippen MR) is 104 cm³/mol. The van der Waals surface area contributed by atoms with E-state index < -0.39 is 0 Å². The molecule has 5 rings (SSSR count). The summed E-state index contributed by atoms with van der Waals surface area (Å²) in [5.41, 5.74) is 3.96. The van der Waals surface area contributed by atoms with Crippen molar-refractivity contribution in [3.8, 4) is 0 Å². The first-order valence-corrected chi connectivity index (χ1v) is 9.86. The van der Waals surface area contributed by atoms with E-state index in [-0.39, 0.29) is 11.8 Å². The molecular weight excluding hydrogens is 338 g/mol. The van der Waals surface area contributed by atoms with Gasteiger partial charge in [0.05, 0.1) is 16.7 Å².